The van der Waals surface area contributed by atoms with Crippen molar-refractivity contribution in [2.75, 3.05) is 19.7 Å². The number of hydrogen-bond acceptors (Lipinski definition) is 9. The fraction of sp³-hybridized carbons (Fsp3) is 0.484. The molecule has 3 atom stereocenters. The number of aryl methyl sites for hydroxylation is 1. The van der Waals surface area contributed by atoms with Crippen molar-refractivity contribution in [2.24, 2.45) is 5.73 Å². The summed E-state index contributed by atoms with van der Waals surface area (Å²) in [6.45, 7) is 2.72. The molecule has 1 aliphatic rings. The maximum Gasteiger partial charge on any atom is 0.516 e. The Morgan fingerprint density at radius 2 is 1.61 bits per heavy atom. The SMILES string of the molecule is CCOC(=O)C(CCc1ccccc1)N[C@@H](CCCCN)C(=O)N1CCC[C@H]1C(=O)OC(=O)OCc1ccccc1. The average Bonchev–Trinajstić information content (AvgIpc) is 3.48. The van der Waals surface area contributed by atoms with Crippen LogP contribution in [0.4, 0.5) is 4.79 Å². The van der Waals surface area contributed by atoms with Crippen LogP contribution in [0.2, 0.25) is 0 Å². The largest absolute Gasteiger partial charge is 0.516 e. The molecule has 2 aromatic rings. The van der Waals surface area contributed by atoms with Crippen LogP contribution in [0.1, 0.15) is 56.6 Å². The van der Waals surface area contributed by atoms with E-state index in [4.69, 9.17) is 19.9 Å². The predicted octanol–water partition coefficient (Wildman–Crippen LogP) is 3.51. The number of nitrogens with one attached hydrogen (secondary N) is 1. The number of carbonyl (C=O) groups is 4. The highest BCUT2D eigenvalue weighted by Crippen LogP contribution is 2.22. The van der Waals surface area contributed by atoms with Crippen LogP contribution in [0, 0.1) is 0 Å². The third kappa shape index (κ3) is 10.3. The van der Waals surface area contributed by atoms with Crippen LogP contribution in [0.25, 0.3) is 0 Å². The van der Waals surface area contributed by atoms with Crippen molar-refractivity contribution >= 4 is 24.0 Å². The van der Waals surface area contributed by atoms with Crippen LogP contribution in [0.3, 0.4) is 0 Å². The maximum atomic E-state index is 13.8. The number of unbranched alkanes of at least 4 members (excludes halogenated alkanes) is 1. The van der Waals surface area contributed by atoms with Crippen molar-refractivity contribution in [1.29, 1.82) is 0 Å². The molecule has 0 bridgehead atoms. The second kappa shape index (κ2) is 17.1. The van der Waals surface area contributed by atoms with Crippen LogP contribution in [-0.4, -0.2) is 66.7 Å². The quantitative estimate of drug-likeness (QED) is 0.188. The lowest BCUT2D eigenvalue weighted by Gasteiger charge is -2.30. The van der Waals surface area contributed by atoms with Gasteiger partial charge in [-0.25, -0.2) is 9.59 Å². The minimum absolute atomic E-state index is 0.0361. The molecule has 0 spiro atoms. The van der Waals surface area contributed by atoms with E-state index in [-0.39, 0.29) is 19.1 Å². The van der Waals surface area contributed by atoms with E-state index in [9.17, 15) is 19.2 Å². The van der Waals surface area contributed by atoms with Gasteiger partial charge in [0, 0.05) is 6.54 Å². The summed E-state index contributed by atoms with van der Waals surface area (Å²) < 4.78 is 15.3. The highest BCUT2D eigenvalue weighted by molar-refractivity contribution is 5.91. The summed E-state index contributed by atoms with van der Waals surface area (Å²) in [5.41, 5.74) is 7.51. The standard InChI is InChI=1S/C31H41N3O7/c1-2-39-29(36)26(19-18-23-12-5-3-6-13-23)33-25(16-9-10-20-32)28(35)34-21-11-17-27(34)30(37)41-31(38)40-22-24-14-7-4-8-15-24/h3-8,12-15,25-27,33H,2,9-11,16-22,32H2,1H3/t25-,26?,27-/m0/s1. The molecular formula is C31H41N3O7. The zero-order valence-corrected chi connectivity index (χ0v) is 23.7. The van der Waals surface area contributed by atoms with Crippen molar-refractivity contribution in [3.8, 4) is 0 Å². The molecule has 2 aromatic carbocycles. The molecule has 1 saturated heterocycles. The van der Waals surface area contributed by atoms with Crippen molar-refractivity contribution in [1.82, 2.24) is 10.2 Å². The van der Waals surface area contributed by atoms with Gasteiger partial charge in [0.05, 0.1) is 12.6 Å². The fourth-order valence-electron chi connectivity index (χ4n) is 4.85. The highest BCUT2D eigenvalue weighted by Gasteiger charge is 2.40. The molecule has 1 unspecified atom stereocenters. The minimum Gasteiger partial charge on any atom is -0.465 e. The lowest BCUT2D eigenvalue weighted by Crippen LogP contribution is -2.54. The fourth-order valence-corrected chi connectivity index (χ4v) is 4.85. The third-order valence-corrected chi connectivity index (χ3v) is 6.97. The molecule has 1 heterocycles. The van der Waals surface area contributed by atoms with E-state index < -0.39 is 36.2 Å². The van der Waals surface area contributed by atoms with Crippen LogP contribution in [0.5, 0.6) is 0 Å². The molecular weight excluding hydrogens is 526 g/mol. The van der Waals surface area contributed by atoms with Gasteiger partial charge in [0.25, 0.3) is 0 Å². The van der Waals surface area contributed by atoms with E-state index in [1.807, 2.05) is 48.5 Å². The molecule has 222 valence electrons. The lowest BCUT2D eigenvalue weighted by molar-refractivity contribution is -0.152. The molecule has 3 rings (SSSR count). The summed E-state index contributed by atoms with van der Waals surface area (Å²) in [4.78, 5) is 53.2. The van der Waals surface area contributed by atoms with Gasteiger partial charge >= 0.3 is 18.1 Å². The topological polar surface area (TPSA) is 137 Å². The number of esters is 2. The van der Waals surface area contributed by atoms with Crippen LogP contribution < -0.4 is 11.1 Å². The molecule has 0 radical (unpaired) electrons. The van der Waals surface area contributed by atoms with E-state index in [0.717, 1.165) is 11.1 Å². The molecule has 0 aromatic heterocycles. The summed E-state index contributed by atoms with van der Waals surface area (Å²) in [5, 5.41) is 3.23. The molecule has 0 saturated carbocycles. The number of hydrogen-bond donors (Lipinski definition) is 2. The average molecular weight is 568 g/mol. The first kappa shape index (κ1) is 31.8. The van der Waals surface area contributed by atoms with Gasteiger partial charge in [-0.1, -0.05) is 67.1 Å². The number of ether oxygens (including phenoxy) is 3. The van der Waals surface area contributed by atoms with E-state index in [2.05, 4.69) is 5.32 Å². The number of likely N-dealkylation sites (tertiary alicyclic amines) is 1. The van der Waals surface area contributed by atoms with Crippen LogP contribution in [-0.2, 0) is 41.6 Å². The second-order valence-electron chi connectivity index (χ2n) is 9.97. The van der Waals surface area contributed by atoms with E-state index in [1.54, 1.807) is 19.1 Å². The summed E-state index contributed by atoms with van der Waals surface area (Å²) in [6.07, 6.45) is 2.67. The molecule has 10 nitrogen and oxygen atoms in total. The summed E-state index contributed by atoms with van der Waals surface area (Å²) in [6, 6.07) is 16.4. The molecule has 1 fully saturated rings. The Balaban J connectivity index is 1.67. The third-order valence-electron chi connectivity index (χ3n) is 6.97. The second-order valence-corrected chi connectivity index (χ2v) is 9.97. The minimum atomic E-state index is -1.11. The molecule has 1 amide bonds. The van der Waals surface area contributed by atoms with Crippen molar-refractivity contribution < 1.29 is 33.4 Å². The van der Waals surface area contributed by atoms with Crippen molar-refractivity contribution in [3.63, 3.8) is 0 Å². The molecule has 10 heteroatoms. The summed E-state index contributed by atoms with van der Waals surface area (Å²) in [7, 11) is 0. The number of carbonyl (C=O) groups excluding carboxylic acids is 4. The van der Waals surface area contributed by atoms with Gasteiger partial charge in [-0.15, -0.1) is 0 Å². The van der Waals surface area contributed by atoms with Crippen molar-refractivity contribution in [2.45, 2.75) is 76.6 Å². The molecule has 1 aliphatic heterocycles. The Morgan fingerprint density at radius 1 is 0.927 bits per heavy atom. The Hall–Kier alpha value is -3.76. The first-order valence-corrected chi connectivity index (χ1v) is 14.3. The van der Waals surface area contributed by atoms with Gasteiger partial charge < -0.3 is 24.8 Å². The number of nitrogens with two attached hydrogens (primary N) is 1. The van der Waals surface area contributed by atoms with Crippen LogP contribution >= 0.6 is 0 Å². The zero-order chi connectivity index (χ0) is 29.5. The Labute approximate surface area is 241 Å². The normalized spacial score (nSPS) is 16.0. The summed E-state index contributed by atoms with van der Waals surface area (Å²) >= 11 is 0. The smallest absolute Gasteiger partial charge is 0.465 e. The van der Waals surface area contributed by atoms with Gasteiger partial charge in [0.15, 0.2) is 0 Å². The highest BCUT2D eigenvalue weighted by atomic mass is 16.7. The molecule has 0 aliphatic carbocycles. The van der Waals surface area contributed by atoms with Gasteiger partial charge in [0.2, 0.25) is 5.91 Å². The maximum absolute atomic E-state index is 13.8. The summed E-state index contributed by atoms with van der Waals surface area (Å²) in [5.74, 6) is -1.59. The predicted molar refractivity (Wildman–Crippen MR) is 152 cm³/mol. The van der Waals surface area contributed by atoms with Crippen LogP contribution in [0.15, 0.2) is 60.7 Å². The Kier molecular flexibility index (Phi) is 13.3. The number of nitrogens with zero attached hydrogens (tertiary/aromatic N) is 1. The Bertz CT molecular complexity index is 1110. The number of benzene rings is 2. The molecule has 41 heavy (non-hydrogen) atoms. The first-order valence-electron chi connectivity index (χ1n) is 14.3. The van der Waals surface area contributed by atoms with Gasteiger partial charge in [-0.05, 0) is 63.1 Å². The zero-order valence-electron chi connectivity index (χ0n) is 23.7. The number of rotatable bonds is 15. The van der Waals surface area contributed by atoms with Crippen molar-refractivity contribution in [3.05, 3.63) is 71.8 Å². The Morgan fingerprint density at radius 3 is 2.27 bits per heavy atom. The molecule has 3 N–H and O–H groups in total. The van der Waals surface area contributed by atoms with Gasteiger partial charge in [0.1, 0.15) is 18.7 Å². The van der Waals surface area contributed by atoms with E-state index in [1.165, 1.54) is 4.90 Å². The monoisotopic (exact) mass is 567 g/mol. The first-order chi connectivity index (χ1) is 19.9. The lowest BCUT2D eigenvalue weighted by atomic mass is 10.0. The van der Waals surface area contributed by atoms with E-state index in [0.29, 0.717) is 58.0 Å². The van der Waals surface area contributed by atoms with Gasteiger partial charge in [-0.2, -0.15) is 0 Å². The van der Waals surface area contributed by atoms with Gasteiger partial charge in [-0.3, -0.25) is 14.9 Å². The van der Waals surface area contributed by atoms with E-state index >= 15 is 0 Å². The number of amides is 1.